The molecule has 7 nitrogen and oxygen atoms in total. The molecule has 0 fully saturated rings. The molecule has 4 rings (SSSR count). The number of aromatic nitrogens is 3. The van der Waals surface area contributed by atoms with Crippen LogP contribution in [0.25, 0.3) is 11.3 Å². The monoisotopic (exact) mass is 430 g/mol. The van der Waals surface area contributed by atoms with Gasteiger partial charge in [0.25, 0.3) is 0 Å². The number of rotatable bonds is 4. The molecule has 0 radical (unpaired) electrons. The van der Waals surface area contributed by atoms with Crippen molar-refractivity contribution in [1.29, 1.82) is 0 Å². The zero-order valence-electron chi connectivity index (χ0n) is 16.6. The van der Waals surface area contributed by atoms with Crippen LogP contribution in [0.5, 0.6) is 0 Å². The molecular formula is C21H21F3N6O. The molecule has 31 heavy (non-hydrogen) atoms. The number of halogens is 3. The van der Waals surface area contributed by atoms with Crippen molar-refractivity contribution in [2.45, 2.75) is 19.1 Å². The van der Waals surface area contributed by atoms with Crippen LogP contribution in [-0.2, 0) is 12.7 Å². The van der Waals surface area contributed by atoms with Crippen molar-refractivity contribution in [3.63, 3.8) is 0 Å². The van der Waals surface area contributed by atoms with Crippen molar-refractivity contribution in [3.05, 3.63) is 60.7 Å². The Morgan fingerprint density at radius 1 is 1.23 bits per heavy atom. The molecule has 2 aromatic heterocycles. The van der Waals surface area contributed by atoms with Crippen molar-refractivity contribution in [3.8, 4) is 11.3 Å². The predicted octanol–water partition coefficient (Wildman–Crippen LogP) is 4.00. The summed E-state index contributed by atoms with van der Waals surface area (Å²) in [4.78, 5) is 22.9. The average Bonchev–Trinajstić information content (AvgIpc) is 3.18. The van der Waals surface area contributed by atoms with Gasteiger partial charge >= 0.3 is 12.2 Å². The lowest BCUT2D eigenvalue weighted by atomic mass is 10.1. The van der Waals surface area contributed by atoms with Gasteiger partial charge in [-0.1, -0.05) is 12.1 Å². The van der Waals surface area contributed by atoms with E-state index in [0.717, 1.165) is 12.1 Å². The van der Waals surface area contributed by atoms with E-state index in [1.807, 2.05) is 4.57 Å². The maximum absolute atomic E-state index is 13.1. The number of carbonyl (C=O) groups is 1. The first kappa shape index (κ1) is 20.7. The summed E-state index contributed by atoms with van der Waals surface area (Å²) < 4.78 is 41.2. The Morgan fingerprint density at radius 3 is 2.87 bits per heavy atom. The van der Waals surface area contributed by atoms with Crippen molar-refractivity contribution in [2.75, 3.05) is 29.9 Å². The van der Waals surface area contributed by atoms with E-state index < -0.39 is 11.7 Å². The summed E-state index contributed by atoms with van der Waals surface area (Å²) in [5, 5.41) is 6.10. The third-order valence-electron chi connectivity index (χ3n) is 4.94. The van der Waals surface area contributed by atoms with E-state index in [0.29, 0.717) is 55.4 Å². The van der Waals surface area contributed by atoms with Crippen LogP contribution in [0.3, 0.4) is 0 Å². The molecule has 0 spiro atoms. The van der Waals surface area contributed by atoms with Gasteiger partial charge in [0.1, 0.15) is 0 Å². The molecule has 0 unspecified atom stereocenters. The highest BCUT2D eigenvalue weighted by atomic mass is 19.4. The second kappa shape index (κ2) is 8.66. The Bertz CT molecular complexity index is 1050. The van der Waals surface area contributed by atoms with E-state index in [4.69, 9.17) is 0 Å². The highest BCUT2D eigenvalue weighted by Crippen LogP contribution is 2.34. The van der Waals surface area contributed by atoms with Gasteiger partial charge in [0.05, 0.1) is 23.3 Å². The summed E-state index contributed by atoms with van der Waals surface area (Å²) in [6.45, 7) is 2.08. The Balaban J connectivity index is 1.58. The molecule has 1 aromatic carbocycles. The molecule has 1 aliphatic rings. The van der Waals surface area contributed by atoms with Gasteiger partial charge in [-0.05, 0) is 30.7 Å². The summed E-state index contributed by atoms with van der Waals surface area (Å²) in [6, 6.07) is 8.10. The molecule has 0 saturated heterocycles. The molecule has 0 aliphatic carbocycles. The molecule has 1 aliphatic heterocycles. The number of nitrogens with zero attached hydrogens (tertiary/aromatic N) is 4. The standard InChI is InChI=1S/C21H21F3N6O/c22-21(23,24)16-4-1-3-15(13-16)17-5-6-18-19(28-17)30(10-2-7-26-18)20(31)27-9-12-29-11-8-25-14-29/h1,3-6,8,11,13-14,26H,2,7,9-10,12H2,(H,27,31). The normalized spacial score (nSPS) is 13.8. The Morgan fingerprint density at radius 2 is 2.10 bits per heavy atom. The molecule has 0 atom stereocenters. The number of carbonyl (C=O) groups excluding carboxylic acids is 1. The summed E-state index contributed by atoms with van der Waals surface area (Å²) in [7, 11) is 0. The van der Waals surface area contributed by atoms with E-state index >= 15 is 0 Å². The van der Waals surface area contributed by atoms with Crippen LogP contribution in [0.2, 0.25) is 0 Å². The molecule has 2 N–H and O–H groups in total. The minimum atomic E-state index is -4.44. The van der Waals surface area contributed by atoms with Gasteiger partial charge in [-0.2, -0.15) is 13.2 Å². The fourth-order valence-electron chi connectivity index (χ4n) is 3.38. The number of imidazole rings is 1. The quantitative estimate of drug-likeness (QED) is 0.656. The molecule has 2 amide bonds. The van der Waals surface area contributed by atoms with Crippen molar-refractivity contribution in [1.82, 2.24) is 19.9 Å². The average molecular weight is 430 g/mol. The summed E-state index contributed by atoms with van der Waals surface area (Å²) >= 11 is 0. The second-order valence-corrected chi connectivity index (χ2v) is 7.11. The molecule has 0 bridgehead atoms. The Kier molecular flexibility index (Phi) is 5.79. The van der Waals surface area contributed by atoms with E-state index in [1.54, 1.807) is 36.9 Å². The number of hydrogen-bond donors (Lipinski definition) is 2. The van der Waals surface area contributed by atoms with Crippen molar-refractivity contribution < 1.29 is 18.0 Å². The van der Waals surface area contributed by atoms with E-state index in [-0.39, 0.29) is 6.03 Å². The number of nitrogens with one attached hydrogen (secondary N) is 2. The summed E-state index contributed by atoms with van der Waals surface area (Å²) in [6.07, 6.45) is 1.41. The predicted molar refractivity (Wildman–Crippen MR) is 111 cm³/mol. The third-order valence-corrected chi connectivity index (χ3v) is 4.94. The molecule has 10 heteroatoms. The number of amides is 2. The Hall–Kier alpha value is -3.56. The first-order valence-corrected chi connectivity index (χ1v) is 9.85. The molecule has 3 heterocycles. The lowest BCUT2D eigenvalue weighted by Crippen LogP contribution is -2.42. The SMILES string of the molecule is O=C(NCCn1ccnc1)N1CCCNc2ccc(-c3cccc(C(F)(F)F)c3)nc21. The van der Waals surface area contributed by atoms with Crippen LogP contribution in [0.15, 0.2) is 55.1 Å². The van der Waals surface area contributed by atoms with Crippen LogP contribution in [0.1, 0.15) is 12.0 Å². The summed E-state index contributed by atoms with van der Waals surface area (Å²) in [5.41, 5.74) is 0.624. The van der Waals surface area contributed by atoms with E-state index in [1.165, 1.54) is 11.0 Å². The van der Waals surface area contributed by atoms with Gasteiger partial charge in [-0.15, -0.1) is 0 Å². The van der Waals surface area contributed by atoms with Crippen LogP contribution in [0.4, 0.5) is 29.5 Å². The Labute approximate surface area is 176 Å². The fourth-order valence-corrected chi connectivity index (χ4v) is 3.38. The van der Waals surface area contributed by atoms with Gasteiger partial charge in [-0.3, -0.25) is 4.90 Å². The highest BCUT2D eigenvalue weighted by Gasteiger charge is 2.30. The van der Waals surface area contributed by atoms with Crippen LogP contribution in [0, 0.1) is 0 Å². The number of hydrogen-bond acceptors (Lipinski definition) is 4. The van der Waals surface area contributed by atoms with Crippen molar-refractivity contribution >= 4 is 17.5 Å². The van der Waals surface area contributed by atoms with Gasteiger partial charge in [0, 0.05) is 44.1 Å². The number of alkyl halides is 3. The second-order valence-electron chi connectivity index (χ2n) is 7.11. The highest BCUT2D eigenvalue weighted by molar-refractivity contribution is 5.95. The lowest BCUT2D eigenvalue weighted by molar-refractivity contribution is -0.137. The smallest absolute Gasteiger partial charge is 0.382 e. The largest absolute Gasteiger partial charge is 0.416 e. The number of anilines is 2. The number of fused-ring (bicyclic) bond motifs is 1. The number of urea groups is 1. The van der Waals surface area contributed by atoms with Crippen LogP contribution in [-0.4, -0.2) is 40.2 Å². The van der Waals surface area contributed by atoms with Crippen LogP contribution >= 0.6 is 0 Å². The molecule has 162 valence electrons. The number of benzene rings is 1. The number of pyridine rings is 1. The van der Waals surface area contributed by atoms with E-state index in [9.17, 15) is 18.0 Å². The van der Waals surface area contributed by atoms with E-state index in [2.05, 4.69) is 20.6 Å². The molecular weight excluding hydrogens is 409 g/mol. The van der Waals surface area contributed by atoms with Gasteiger partial charge in [0.15, 0.2) is 5.82 Å². The van der Waals surface area contributed by atoms with Gasteiger partial charge in [0.2, 0.25) is 0 Å². The molecule has 0 saturated carbocycles. The maximum atomic E-state index is 13.1. The topological polar surface area (TPSA) is 75.1 Å². The zero-order valence-corrected chi connectivity index (χ0v) is 16.6. The van der Waals surface area contributed by atoms with Crippen LogP contribution < -0.4 is 15.5 Å². The minimum Gasteiger partial charge on any atom is -0.382 e. The maximum Gasteiger partial charge on any atom is 0.416 e. The van der Waals surface area contributed by atoms with Gasteiger partial charge < -0.3 is 15.2 Å². The third kappa shape index (κ3) is 4.79. The van der Waals surface area contributed by atoms with Gasteiger partial charge in [-0.25, -0.2) is 14.8 Å². The molecule has 3 aromatic rings. The first-order chi connectivity index (χ1) is 14.9. The zero-order chi connectivity index (χ0) is 21.8. The summed E-state index contributed by atoms with van der Waals surface area (Å²) in [5.74, 6) is 0.396. The van der Waals surface area contributed by atoms with Crippen molar-refractivity contribution in [2.24, 2.45) is 0 Å². The minimum absolute atomic E-state index is 0.307. The lowest BCUT2D eigenvalue weighted by Gasteiger charge is -2.22. The fraction of sp³-hybridized carbons (Fsp3) is 0.286. The first-order valence-electron chi connectivity index (χ1n) is 9.85.